The zero-order valence-corrected chi connectivity index (χ0v) is 11.8. The number of benzene rings is 1. The number of ketones is 1. The molecule has 1 aromatic rings. The SMILES string of the molecule is CCCCCCCC(=O)C(CC)c1ccccc1. The van der Waals surface area contributed by atoms with Crippen LogP contribution in [0.4, 0.5) is 0 Å². The predicted molar refractivity (Wildman–Crippen MR) is 77.9 cm³/mol. The first-order valence-corrected chi connectivity index (χ1v) is 7.37. The molecule has 0 aromatic heterocycles. The van der Waals surface area contributed by atoms with E-state index >= 15 is 0 Å². The van der Waals surface area contributed by atoms with Crippen LogP contribution in [0.1, 0.15) is 70.3 Å². The Morgan fingerprint density at radius 2 is 1.67 bits per heavy atom. The summed E-state index contributed by atoms with van der Waals surface area (Å²) in [5.41, 5.74) is 1.18. The second kappa shape index (κ2) is 8.91. The summed E-state index contributed by atoms with van der Waals surface area (Å²) in [6.45, 7) is 4.32. The third-order valence-corrected chi connectivity index (χ3v) is 3.53. The van der Waals surface area contributed by atoms with Gasteiger partial charge in [-0.2, -0.15) is 0 Å². The van der Waals surface area contributed by atoms with Gasteiger partial charge in [0.15, 0.2) is 0 Å². The molecule has 0 radical (unpaired) electrons. The Kier molecular flexibility index (Phi) is 7.40. The maximum atomic E-state index is 12.2. The molecule has 0 heterocycles. The van der Waals surface area contributed by atoms with E-state index in [1.165, 1.54) is 31.2 Å². The summed E-state index contributed by atoms with van der Waals surface area (Å²) in [7, 11) is 0. The monoisotopic (exact) mass is 246 g/mol. The summed E-state index contributed by atoms with van der Waals surface area (Å²) in [5.74, 6) is 0.526. The van der Waals surface area contributed by atoms with Crippen LogP contribution in [0.25, 0.3) is 0 Å². The second-order valence-corrected chi connectivity index (χ2v) is 5.00. The first-order valence-electron chi connectivity index (χ1n) is 7.37. The lowest BCUT2D eigenvalue weighted by molar-refractivity contribution is -0.120. The van der Waals surface area contributed by atoms with Crippen molar-refractivity contribution in [1.29, 1.82) is 0 Å². The third kappa shape index (κ3) is 5.03. The Morgan fingerprint density at radius 3 is 2.28 bits per heavy atom. The highest BCUT2D eigenvalue weighted by Crippen LogP contribution is 2.22. The van der Waals surface area contributed by atoms with Gasteiger partial charge in [-0.1, -0.05) is 69.9 Å². The molecular formula is C17H26O. The Labute approximate surface area is 112 Å². The van der Waals surface area contributed by atoms with Crippen molar-refractivity contribution in [2.24, 2.45) is 0 Å². The molecule has 0 amide bonds. The van der Waals surface area contributed by atoms with Crippen molar-refractivity contribution in [2.75, 3.05) is 0 Å². The standard InChI is InChI=1S/C17H26O/c1-3-5-6-7-11-14-17(18)16(4-2)15-12-9-8-10-13-15/h8-10,12-13,16H,3-7,11,14H2,1-2H3. The normalized spacial score (nSPS) is 12.3. The van der Waals surface area contributed by atoms with Gasteiger partial charge in [0.25, 0.3) is 0 Å². The van der Waals surface area contributed by atoms with Crippen LogP contribution in [0.5, 0.6) is 0 Å². The fourth-order valence-corrected chi connectivity index (χ4v) is 2.41. The minimum atomic E-state index is 0.109. The zero-order chi connectivity index (χ0) is 13.2. The summed E-state index contributed by atoms with van der Waals surface area (Å²) in [4.78, 5) is 12.2. The number of hydrogen-bond acceptors (Lipinski definition) is 1. The summed E-state index contributed by atoms with van der Waals surface area (Å²) in [6.07, 6.45) is 7.74. The number of carbonyl (C=O) groups excluding carboxylic acids is 1. The largest absolute Gasteiger partial charge is 0.299 e. The summed E-state index contributed by atoms with van der Waals surface area (Å²) in [6, 6.07) is 10.2. The van der Waals surface area contributed by atoms with Crippen molar-refractivity contribution in [2.45, 2.75) is 64.7 Å². The molecule has 0 aliphatic carbocycles. The fourth-order valence-electron chi connectivity index (χ4n) is 2.41. The van der Waals surface area contributed by atoms with Crippen molar-refractivity contribution in [1.82, 2.24) is 0 Å². The Morgan fingerprint density at radius 1 is 1.00 bits per heavy atom. The molecule has 0 N–H and O–H groups in total. The lowest BCUT2D eigenvalue weighted by Crippen LogP contribution is -2.11. The van der Waals surface area contributed by atoms with Crippen LogP contribution in [0.2, 0.25) is 0 Å². The highest BCUT2D eigenvalue weighted by Gasteiger charge is 2.17. The smallest absolute Gasteiger partial charge is 0.140 e. The second-order valence-electron chi connectivity index (χ2n) is 5.00. The van der Waals surface area contributed by atoms with E-state index in [9.17, 15) is 4.79 Å². The van der Waals surface area contributed by atoms with Crippen LogP contribution >= 0.6 is 0 Å². The van der Waals surface area contributed by atoms with E-state index in [0.717, 1.165) is 19.3 Å². The predicted octanol–water partition coefficient (Wildman–Crippen LogP) is 5.11. The van der Waals surface area contributed by atoms with E-state index in [1.54, 1.807) is 0 Å². The molecule has 100 valence electrons. The van der Waals surface area contributed by atoms with Gasteiger partial charge in [0.1, 0.15) is 5.78 Å². The Balaban J connectivity index is 2.39. The maximum absolute atomic E-state index is 12.2. The molecule has 1 aromatic carbocycles. The number of rotatable bonds is 9. The van der Waals surface area contributed by atoms with E-state index in [-0.39, 0.29) is 5.92 Å². The average molecular weight is 246 g/mol. The van der Waals surface area contributed by atoms with E-state index in [0.29, 0.717) is 5.78 Å². The minimum Gasteiger partial charge on any atom is -0.299 e. The van der Waals surface area contributed by atoms with E-state index in [1.807, 2.05) is 18.2 Å². The fraction of sp³-hybridized carbons (Fsp3) is 0.588. The molecule has 1 atom stereocenters. The van der Waals surface area contributed by atoms with Crippen LogP contribution < -0.4 is 0 Å². The quantitative estimate of drug-likeness (QED) is 0.553. The first-order chi connectivity index (χ1) is 8.79. The molecule has 0 saturated carbocycles. The summed E-state index contributed by atoms with van der Waals surface area (Å²) in [5, 5.41) is 0. The van der Waals surface area contributed by atoms with Crippen molar-refractivity contribution in [3.05, 3.63) is 35.9 Å². The summed E-state index contributed by atoms with van der Waals surface area (Å²) < 4.78 is 0. The molecule has 1 nitrogen and oxygen atoms in total. The van der Waals surface area contributed by atoms with E-state index in [2.05, 4.69) is 26.0 Å². The molecule has 18 heavy (non-hydrogen) atoms. The van der Waals surface area contributed by atoms with Gasteiger partial charge in [0, 0.05) is 12.3 Å². The Bertz CT molecular complexity index is 329. The summed E-state index contributed by atoms with van der Waals surface area (Å²) >= 11 is 0. The van der Waals surface area contributed by atoms with Gasteiger partial charge >= 0.3 is 0 Å². The van der Waals surface area contributed by atoms with Crippen LogP contribution in [0, 0.1) is 0 Å². The highest BCUT2D eigenvalue weighted by molar-refractivity contribution is 5.85. The molecule has 0 aliphatic heterocycles. The Hall–Kier alpha value is -1.11. The van der Waals surface area contributed by atoms with Crippen molar-refractivity contribution < 1.29 is 4.79 Å². The topological polar surface area (TPSA) is 17.1 Å². The van der Waals surface area contributed by atoms with Crippen LogP contribution in [-0.4, -0.2) is 5.78 Å². The molecule has 0 aliphatic rings. The molecular weight excluding hydrogens is 220 g/mol. The molecule has 1 rings (SSSR count). The molecule has 0 spiro atoms. The molecule has 0 fully saturated rings. The molecule has 0 saturated heterocycles. The van der Waals surface area contributed by atoms with Gasteiger partial charge in [-0.05, 0) is 18.4 Å². The number of hydrogen-bond donors (Lipinski definition) is 0. The van der Waals surface area contributed by atoms with E-state index < -0.39 is 0 Å². The maximum Gasteiger partial charge on any atom is 0.140 e. The van der Waals surface area contributed by atoms with Gasteiger partial charge in [-0.25, -0.2) is 0 Å². The highest BCUT2D eigenvalue weighted by atomic mass is 16.1. The molecule has 0 bridgehead atoms. The molecule has 1 heteroatoms. The van der Waals surface area contributed by atoms with E-state index in [4.69, 9.17) is 0 Å². The minimum absolute atomic E-state index is 0.109. The number of carbonyl (C=O) groups is 1. The van der Waals surface area contributed by atoms with Crippen LogP contribution in [-0.2, 0) is 4.79 Å². The van der Waals surface area contributed by atoms with Crippen LogP contribution in [0.3, 0.4) is 0 Å². The third-order valence-electron chi connectivity index (χ3n) is 3.53. The van der Waals surface area contributed by atoms with Gasteiger partial charge in [0.05, 0.1) is 0 Å². The lowest BCUT2D eigenvalue weighted by atomic mass is 9.89. The number of Topliss-reactive ketones (excluding diaryl/α,β-unsaturated/α-hetero) is 1. The lowest BCUT2D eigenvalue weighted by Gasteiger charge is -2.14. The average Bonchev–Trinajstić information content (AvgIpc) is 2.40. The zero-order valence-electron chi connectivity index (χ0n) is 11.8. The van der Waals surface area contributed by atoms with Gasteiger partial charge < -0.3 is 0 Å². The van der Waals surface area contributed by atoms with Crippen molar-refractivity contribution in [3.63, 3.8) is 0 Å². The van der Waals surface area contributed by atoms with Gasteiger partial charge in [-0.15, -0.1) is 0 Å². The van der Waals surface area contributed by atoms with Crippen LogP contribution in [0.15, 0.2) is 30.3 Å². The first kappa shape index (κ1) is 14.9. The van der Waals surface area contributed by atoms with Crippen molar-refractivity contribution >= 4 is 5.78 Å². The van der Waals surface area contributed by atoms with Crippen molar-refractivity contribution in [3.8, 4) is 0 Å². The number of unbranched alkanes of at least 4 members (excludes halogenated alkanes) is 4. The van der Waals surface area contributed by atoms with Gasteiger partial charge in [-0.3, -0.25) is 4.79 Å². The molecule has 1 unspecified atom stereocenters. The van der Waals surface area contributed by atoms with Gasteiger partial charge in [0.2, 0.25) is 0 Å².